The van der Waals surface area contributed by atoms with Crippen LogP contribution in [0.25, 0.3) is 11.3 Å². The van der Waals surface area contributed by atoms with E-state index in [1.54, 1.807) is 47.6 Å². The predicted molar refractivity (Wildman–Crippen MR) is 83.7 cm³/mol. The minimum Gasteiger partial charge on any atom is -0.451 e. The highest BCUT2D eigenvalue weighted by Crippen LogP contribution is 2.30. The zero-order valence-corrected chi connectivity index (χ0v) is 12.2. The molecule has 114 valence electrons. The van der Waals surface area contributed by atoms with Crippen molar-refractivity contribution in [3.8, 4) is 11.3 Å². The minimum absolute atomic E-state index is 0.202. The number of hydrogen-bond donors (Lipinski definition) is 0. The molecule has 2 aromatic heterocycles. The molecule has 0 N–H and O–H groups in total. The number of halogens is 1. The zero-order chi connectivity index (χ0) is 15.8. The molecule has 0 atom stereocenters. The molecule has 5 heteroatoms. The molecule has 4 nitrogen and oxygen atoms in total. The van der Waals surface area contributed by atoms with Crippen molar-refractivity contribution in [2.24, 2.45) is 0 Å². The number of carbonyl (C=O) groups excluding carboxylic acids is 1. The molecule has 1 amide bonds. The van der Waals surface area contributed by atoms with Crippen LogP contribution >= 0.6 is 0 Å². The Kier molecular flexibility index (Phi) is 3.19. The number of pyridine rings is 1. The van der Waals surface area contributed by atoms with Gasteiger partial charge in [-0.1, -0.05) is 12.1 Å². The van der Waals surface area contributed by atoms with Crippen LogP contribution < -0.4 is 4.90 Å². The second-order valence-electron chi connectivity index (χ2n) is 5.35. The van der Waals surface area contributed by atoms with Crippen LogP contribution in [0.5, 0.6) is 0 Å². The zero-order valence-electron chi connectivity index (χ0n) is 12.2. The van der Waals surface area contributed by atoms with Crippen molar-refractivity contribution in [3.63, 3.8) is 0 Å². The molecule has 0 spiro atoms. The Balaban J connectivity index is 1.65. The van der Waals surface area contributed by atoms with Crippen LogP contribution in [0.3, 0.4) is 0 Å². The van der Waals surface area contributed by atoms with Gasteiger partial charge in [-0.25, -0.2) is 4.39 Å². The van der Waals surface area contributed by atoms with Crippen molar-refractivity contribution in [3.05, 3.63) is 72.0 Å². The summed E-state index contributed by atoms with van der Waals surface area (Å²) in [6.45, 7) is 0.593. The normalized spacial score (nSPS) is 13.2. The minimum atomic E-state index is -0.376. The highest BCUT2D eigenvalue weighted by molar-refractivity contribution is 6.05. The molecular weight excluding hydrogens is 295 g/mol. The fourth-order valence-electron chi connectivity index (χ4n) is 2.83. The Morgan fingerprint density at radius 1 is 1.17 bits per heavy atom. The van der Waals surface area contributed by atoms with Crippen molar-refractivity contribution >= 4 is 11.6 Å². The van der Waals surface area contributed by atoms with Gasteiger partial charge < -0.3 is 9.32 Å². The standard InChI is InChI=1S/C18H13FN2O2/c19-14-4-2-1-3-13(14)16-5-6-17(23-16)18(22)21-10-8-12-11-20-9-7-15(12)21/h1-7,9,11H,8,10H2. The monoisotopic (exact) mass is 308 g/mol. The number of benzene rings is 1. The van der Waals surface area contributed by atoms with Gasteiger partial charge in [0.1, 0.15) is 11.6 Å². The molecule has 4 rings (SSSR count). The lowest BCUT2D eigenvalue weighted by molar-refractivity contribution is 0.0963. The second-order valence-corrected chi connectivity index (χ2v) is 5.35. The van der Waals surface area contributed by atoms with E-state index in [9.17, 15) is 9.18 Å². The Morgan fingerprint density at radius 3 is 2.91 bits per heavy atom. The highest BCUT2D eigenvalue weighted by Gasteiger charge is 2.27. The predicted octanol–water partition coefficient (Wildman–Crippen LogP) is 3.68. The van der Waals surface area contributed by atoms with Crippen LogP contribution in [0, 0.1) is 5.82 Å². The summed E-state index contributed by atoms with van der Waals surface area (Å²) < 4.78 is 19.4. The van der Waals surface area contributed by atoms with Crippen LogP contribution in [0.1, 0.15) is 16.1 Å². The van der Waals surface area contributed by atoms with Crippen molar-refractivity contribution in [2.75, 3.05) is 11.4 Å². The summed E-state index contributed by atoms with van der Waals surface area (Å²) in [7, 11) is 0. The van der Waals surface area contributed by atoms with Gasteiger partial charge in [-0.2, -0.15) is 0 Å². The van der Waals surface area contributed by atoms with Gasteiger partial charge in [-0.3, -0.25) is 9.78 Å². The van der Waals surface area contributed by atoms with Crippen molar-refractivity contribution in [2.45, 2.75) is 6.42 Å². The van der Waals surface area contributed by atoms with Gasteiger partial charge >= 0.3 is 0 Å². The van der Waals surface area contributed by atoms with E-state index in [1.165, 1.54) is 6.07 Å². The van der Waals surface area contributed by atoms with Gasteiger partial charge in [0.25, 0.3) is 5.91 Å². The lowest BCUT2D eigenvalue weighted by atomic mass is 10.1. The van der Waals surface area contributed by atoms with Crippen LogP contribution in [-0.4, -0.2) is 17.4 Å². The van der Waals surface area contributed by atoms with E-state index in [0.717, 1.165) is 17.7 Å². The largest absolute Gasteiger partial charge is 0.451 e. The van der Waals surface area contributed by atoms with Gasteiger partial charge in [-0.05, 0) is 42.3 Å². The van der Waals surface area contributed by atoms with Crippen LogP contribution in [0.2, 0.25) is 0 Å². The first-order valence-corrected chi connectivity index (χ1v) is 7.33. The summed E-state index contributed by atoms with van der Waals surface area (Å²) in [5, 5.41) is 0. The van der Waals surface area contributed by atoms with Crippen LogP contribution in [0.4, 0.5) is 10.1 Å². The van der Waals surface area contributed by atoms with E-state index in [4.69, 9.17) is 4.42 Å². The summed E-state index contributed by atoms with van der Waals surface area (Å²) in [6.07, 6.45) is 4.21. The molecule has 0 aliphatic carbocycles. The molecule has 1 aliphatic rings. The Morgan fingerprint density at radius 2 is 2.04 bits per heavy atom. The van der Waals surface area contributed by atoms with E-state index >= 15 is 0 Å². The maximum absolute atomic E-state index is 13.8. The van der Waals surface area contributed by atoms with E-state index in [1.807, 2.05) is 6.07 Å². The number of carbonyl (C=O) groups is 1. The van der Waals surface area contributed by atoms with Gasteiger partial charge in [0.05, 0.1) is 11.3 Å². The molecule has 0 radical (unpaired) electrons. The number of amides is 1. The second kappa shape index (κ2) is 5.35. The Hall–Kier alpha value is -2.95. The summed E-state index contributed by atoms with van der Waals surface area (Å²) in [5.74, 6) is -0.0514. The quantitative estimate of drug-likeness (QED) is 0.725. The molecule has 3 aromatic rings. The molecular formula is C18H13FN2O2. The molecule has 0 unspecified atom stereocenters. The van der Waals surface area contributed by atoms with E-state index in [2.05, 4.69) is 4.98 Å². The topological polar surface area (TPSA) is 46.3 Å². The molecule has 0 fully saturated rings. The lowest BCUT2D eigenvalue weighted by Gasteiger charge is -2.15. The number of nitrogens with zero attached hydrogens (tertiary/aromatic N) is 2. The average Bonchev–Trinajstić information content (AvgIpc) is 3.22. The number of anilines is 1. The molecule has 0 bridgehead atoms. The number of fused-ring (bicyclic) bond motifs is 1. The summed E-state index contributed by atoms with van der Waals surface area (Å²) in [6, 6.07) is 11.4. The molecule has 1 aromatic carbocycles. The molecule has 3 heterocycles. The SMILES string of the molecule is O=C(c1ccc(-c2ccccc2F)o1)N1CCc2cnccc21. The first-order valence-electron chi connectivity index (χ1n) is 7.33. The molecule has 0 saturated heterocycles. The molecule has 0 saturated carbocycles. The Bertz CT molecular complexity index is 888. The third kappa shape index (κ3) is 2.30. The van der Waals surface area contributed by atoms with E-state index < -0.39 is 0 Å². The van der Waals surface area contributed by atoms with Gasteiger partial charge in [0.15, 0.2) is 5.76 Å². The van der Waals surface area contributed by atoms with Gasteiger partial charge in [0, 0.05) is 18.9 Å². The Labute approximate surface area is 132 Å². The van der Waals surface area contributed by atoms with Crippen LogP contribution in [0.15, 0.2) is 59.3 Å². The third-order valence-electron chi connectivity index (χ3n) is 3.97. The molecule has 1 aliphatic heterocycles. The van der Waals surface area contributed by atoms with Crippen LogP contribution in [-0.2, 0) is 6.42 Å². The van der Waals surface area contributed by atoms with Crippen molar-refractivity contribution < 1.29 is 13.6 Å². The van der Waals surface area contributed by atoms with Crippen molar-refractivity contribution in [1.29, 1.82) is 0 Å². The summed E-state index contributed by atoms with van der Waals surface area (Å²) in [4.78, 5) is 18.4. The first kappa shape index (κ1) is 13.7. The summed E-state index contributed by atoms with van der Waals surface area (Å²) >= 11 is 0. The highest BCUT2D eigenvalue weighted by atomic mass is 19.1. The number of rotatable bonds is 2. The fourth-order valence-corrected chi connectivity index (χ4v) is 2.83. The number of furan rings is 1. The third-order valence-corrected chi connectivity index (χ3v) is 3.97. The van der Waals surface area contributed by atoms with E-state index in [0.29, 0.717) is 17.9 Å². The van der Waals surface area contributed by atoms with Crippen molar-refractivity contribution in [1.82, 2.24) is 4.98 Å². The number of hydrogen-bond acceptors (Lipinski definition) is 3. The summed E-state index contributed by atoms with van der Waals surface area (Å²) in [5.41, 5.74) is 2.24. The molecule has 23 heavy (non-hydrogen) atoms. The number of aromatic nitrogens is 1. The maximum atomic E-state index is 13.8. The first-order chi connectivity index (χ1) is 11.2. The smallest absolute Gasteiger partial charge is 0.294 e. The average molecular weight is 308 g/mol. The van der Waals surface area contributed by atoms with Gasteiger partial charge in [0.2, 0.25) is 0 Å². The fraction of sp³-hybridized carbons (Fsp3) is 0.111. The maximum Gasteiger partial charge on any atom is 0.294 e. The van der Waals surface area contributed by atoms with Gasteiger partial charge in [-0.15, -0.1) is 0 Å². The van der Waals surface area contributed by atoms with E-state index in [-0.39, 0.29) is 17.5 Å². The lowest BCUT2D eigenvalue weighted by Crippen LogP contribution is -2.28.